The summed E-state index contributed by atoms with van der Waals surface area (Å²) in [6.45, 7) is 4.64. The van der Waals surface area contributed by atoms with Crippen LogP contribution in [0.2, 0.25) is 0 Å². The molecule has 2 aromatic rings. The first-order chi connectivity index (χ1) is 13.6. The third-order valence-corrected chi connectivity index (χ3v) is 5.55. The number of rotatable bonds is 7. The fraction of sp³-hybridized carbons (Fsp3) is 0.478. The molecule has 0 spiro atoms. The minimum Gasteiger partial charge on any atom is -0.618 e. The monoisotopic (exact) mass is 382 g/mol. The molecule has 28 heavy (non-hydrogen) atoms. The predicted molar refractivity (Wildman–Crippen MR) is 110 cm³/mol. The summed E-state index contributed by atoms with van der Waals surface area (Å²) in [5.74, 6) is 1.33. The molecule has 1 heterocycles. The number of amides is 1. The van der Waals surface area contributed by atoms with Gasteiger partial charge in [0.15, 0.2) is 6.20 Å². The van der Waals surface area contributed by atoms with Crippen molar-refractivity contribution in [1.29, 1.82) is 0 Å². The van der Waals surface area contributed by atoms with Crippen LogP contribution in [0.4, 0.5) is 0 Å². The summed E-state index contributed by atoms with van der Waals surface area (Å²) in [4.78, 5) is 12.4. The van der Waals surface area contributed by atoms with Gasteiger partial charge in [-0.3, -0.25) is 4.79 Å². The second-order valence-corrected chi connectivity index (χ2v) is 7.64. The maximum atomic E-state index is 12.5. The van der Waals surface area contributed by atoms with Gasteiger partial charge in [0.05, 0.1) is 13.0 Å². The van der Waals surface area contributed by atoms with Crippen molar-refractivity contribution < 1.29 is 14.3 Å². The number of ether oxygens (including phenoxy) is 1. The molecule has 1 fully saturated rings. The Kier molecular flexibility index (Phi) is 6.90. The van der Waals surface area contributed by atoms with Crippen LogP contribution in [0.5, 0.6) is 5.75 Å². The molecule has 0 saturated heterocycles. The number of hydrogen-bond donors (Lipinski definition) is 1. The Morgan fingerprint density at radius 2 is 1.89 bits per heavy atom. The van der Waals surface area contributed by atoms with Crippen LogP contribution in [0.3, 0.4) is 0 Å². The maximum absolute atomic E-state index is 12.5. The van der Waals surface area contributed by atoms with E-state index >= 15 is 0 Å². The van der Waals surface area contributed by atoms with Crippen LogP contribution >= 0.6 is 0 Å². The molecule has 1 aliphatic rings. The van der Waals surface area contributed by atoms with Gasteiger partial charge in [-0.05, 0) is 62.9 Å². The zero-order valence-corrected chi connectivity index (χ0v) is 16.8. The largest absolute Gasteiger partial charge is 0.618 e. The van der Waals surface area contributed by atoms with Crippen LogP contribution in [0.15, 0.2) is 42.6 Å². The minimum absolute atomic E-state index is 0.0214. The third kappa shape index (κ3) is 5.24. The fourth-order valence-electron chi connectivity index (χ4n) is 3.98. The van der Waals surface area contributed by atoms with Crippen LogP contribution < -0.4 is 14.8 Å². The predicted octanol–water partition coefficient (Wildman–Crippen LogP) is 4.01. The van der Waals surface area contributed by atoms with E-state index in [1.807, 2.05) is 37.3 Å². The summed E-state index contributed by atoms with van der Waals surface area (Å²) in [5.41, 5.74) is 2.10. The van der Waals surface area contributed by atoms with E-state index in [4.69, 9.17) is 4.74 Å². The van der Waals surface area contributed by atoms with Crippen molar-refractivity contribution in [2.24, 2.45) is 5.92 Å². The standard InChI is InChI=1S/C23H30N2O3/c1-3-28-21-12-10-20(11-13-21)22-14-9-18(16-25(22)27)15-23(26)24-17(2)19-7-5-4-6-8-19/h9-14,16-17,19H,3-8,15H2,1-2H3,(H,24,26)/t17-/m1/s1. The first kappa shape index (κ1) is 20.2. The number of benzene rings is 1. The lowest BCUT2D eigenvalue weighted by Gasteiger charge is -2.28. The van der Waals surface area contributed by atoms with Crippen LogP contribution in [-0.2, 0) is 11.2 Å². The third-order valence-electron chi connectivity index (χ3n) is 5.55. The van der Waals surface area contributed by atoms with Gasteiger partial charge in [0.2, 0.25) is 11.6 Å². The van der Waals surface area contributed by atoms with Crippen LogP contribution in [0, 0.1) is 11.1 Å². The van der Waals surface area contributed by atoms with Crippen LogP contribution in [-0.4, -0.2) is 18.6 Å². The first-order valence-electron chi connectivity index (χ1n) is 10.3. The van der Waals surface area contributed by atoms with E-state index in [0.29, 0.717) is 18.2 Å². The minimum atomic E-state index is -0.0214. The molecule has 1 N–H and O–H groups in total. The molecule has 0 bridgehead atoms. The van der Waals surface area contributed by atoms with E-state index in [0.717, 1.165) is 21.6 Å². The quantitative estimate of drug-likeness (QED) is 0.581. The van der Waals surface area contributed by atoms with E-state index in [9.17, 15) is 10.0 Å². The molecule has 1 atom stereocenters. The summed E-state index contributed by atoms with van der Waals surface area (Å²) in [5, 5.41) is 15.6. The highest BCUT2D eigenvalue weighted by Gasteiger charge is 2.21. The Morgan fingerprint density at radius 3 is 2.54 bits per heavy atom. The average molecular weight is 383 g/mol. The molecule has 1 aliphatic carbocycles. The number of aromatic nitrogens is 1. The lowest BCUT2D eigenvalue weighted by molar-refractivity contribution is -0.594. The Balaban J connectivity index is 1.60. The Bertz CT molecular complexity index is 783. The second kappa shape index (κ2) is 9.58. The van der Waals surface area contributed by atoms with Crippen LogP contribution in [0.25, 0.3) is 11.3 Å². The normalized spacial score (nSPS) is 15.8. The highest BCUT2D eigenvalue weighted by atomic mass is 16.5. The SMILES string of the molecule is CCOc1ccc(-c2ccc(CC(=O)N[C@H](C)C3CCCCC3)c[n+]2[O-])cc1. The number of carbonyl (C=O) groups excluding carboxylic acids is 1. The van der Waals surface area contributed by atoms with Crippen molar-refractivity contribution in [2.45, 2.75) is 58.4 Å². The van der Waals surface area contributed by atoms with E-state index in [-0.39, 0.29) is 18.4 Å². The molecular weight excluding hydrogens is 352 g/mol. The molecule has 1 aromatic carbocycles. The first-order valence-corrected chi connectivity index (χ1v) is 10.3. The average Bonchev–Trinajstić information content (AvgIpc) is 2.70. The lowest BCUT2D eigenvalue weighted by atomic mass is 9.84. The van der Waals surface area contributed by atoms with Gasteiger partial charge in [-0.2, -0.15) is 4.73 Å². The molecule has 5 heteroatoms. The van der Waals surface area contributed by atoms with E-state index in [1.54, 1.807) is 6.07 Å². The molecule has 0 aliphatic heterocycles. The fourth-order valence-corrected chi connectivity index (χ4v) is 3.98. The van der Waals surface area contributed by atoms with Crippen molar-refractivity contribution in [3.63, 3.8) is 0 Å². The molecule has 1 saturated carbocycles. The summed E-state index contributed by atoms with van der Waals surface area (Å²) >= 11 is 0. The Hall–Kier alpha value is -2.56. The topological polar surface area (TPSA) is 65.3 Å². The van der Waals surface area contributed by atoms with Gasteiger partial charge in [-0.25, -0.2) is 0 Å². The summed E-state index contributed by atoms with van der Waals surface area (Å²) in [6.07, 6.45) is 7.93. The van der Waals surface area contributed by atoms with E-state index in [1.165, 1.54) is 38.3 Å². The zero-order chi connectivity index (χ0) is 19.9. The molecular formula is C23H30N2O3. The van der Waals surface area contributed by atoms with E-state index < -0.39 is 0 Å². The van der Waals surface area contributed by atoms with Crippen molar-refractivity contribution in [2.75, 3.05) is 6.61 Å². The van der Waals surface area contributed by atoms with Gasteiger partial charge in [0.1, 0.15) is 5.75 Å². The Morgan fingerprint density at radius 1 is 1.18 bits per heavy atom. The van der Waals surface area contributed by atoms with Crippen LogP contribution in [0.1, 0.15) is 51.5 Å². The molecule has 5 nitrogen and oxygen atoms in total. The smallest absolute Gasteiger partial charge is 0.224 e. The highest BCUT2D eigenvalue weighted by molar-refractivity contribution is 5.78. The molecule has 1 aromatic heterocycles. The summed E-state index contributed by atoms with van der Waals surface area (Å²) in [7, 11) is 0. The highest BCUT2D eigenvalue weighted by Crippen LogP contribution is 2.26. The number of nitrogens with zero attached hydrogens (tertiary/aromatic N) is 1. The Labute approximate surface area is 167 Å². The van der Waals surface area contributed by atoms with Gasteiger partial charge in [-0.15, -0.1) is 0 Å². The van der Waals surface area contributed by atoms with Gasteiger partial charge in [0.25, 0.3) is 0 Å². The zero-order valence-electron chi connectivity index (χ0n) is 16.8. The van der Waals surface area contributed by atoms with Crippen molar-refractivity contribution in [1.82, 2.24) is 5.32 Å². The maximum Gasteiger partial charge on any atom is 0.224 e. The summed E-state index contributed by atoms with van der Waals surface area (Å²) < 4.78 is 6.27. The number of nitrogens with one attached hydrogen (secondary N) is 1. The number of hydrogen-bond acceptors (Lipinski definition) is 3. The summed E-state index contributed by atoms with van der Waals surface area (Å²) in [6, 6.07) is 11.3. The molecule has 1 amide bonds. The van der Waals surface area contributed by atoms with Gasteiger partial charge in [-0.1, -0.05) is 19.3 Å². The molecule has 3 rings (SSSR count). The second-order valence-electron chi connectivity index (χ2n) is 7.64. The van der Waals surface area contributed by atoms with Crippen molar-refractivity contribution >= 4 is 5.91 Å². The van der Waals surface area contributed by atoms with Gasteiger partial charge < -0.3 is 15.3 Å². The van der Waals surface area contributed by atoms with Gasteiger partial charge in [0, 0.05) is 23.2 Å². The molecule has 0 unspecified atom stereocenters. The van der Waals surface area contributed by atoms with E-state index in [2.05, 4.69) is 12.2 Å². The van der Waals surface area contributed by atoms with Crippen molar-refractivity contribution in [3.8, 4) is 17.0 Å². The lowest BCUT2D eigenvalue weighted by Crippen LogP contribution is -2.40. The molecule has 0 radical (unpaired) electrons. The number of pyridine rings is 1. The number of carbonyl (C=O) groups is 1. The van der Waals surface area contributed by atoms with Crippen molar-refractivity contribution in [3.05, 3.63) is 53.4 Å². The van der Waals surface area contributed by atoms with Gasteiger partial charge >= 0.3 is 0 Å². The molecule has 150 valence electrons.